The second-order valence-electron chi connectivity index (χ2n) is 6.35. The number of halogens is 1. The van der Waals surface area contributed by atoms with E-state index in [-0.39, 0.29) is 9.92 Å². The SMILES string of the molecule is O=S(=O)(c1ccc(Cl)cc1)c1ccc(N2CCN(c3ccccn3)CC2)nn1. The van der Waals surface area contributed by atoms with Gasteiger partial charge in [0, 0.05) is 37.4 Å². The van der Waals surface area contributed by atoms with Crippen LogP contribution in [0.1, 0.15) is 0 Å². The fourth-order valence-corrected chi connectivity index (χ4v) is 4.32. The molecule has 7 nitrogen and oxygen atoms in total. The summed E-state index contributed by atoms with van der Waals surface area (Å²) >= 11 is 5.83. The van der Waals surface area contributed by atoms with Crippen molar-refractivity contribution in [3.8, 4) is 0 Å². The van der Waals surface area contributed by atoms with Crippen molar-refractivity contribution in [2.75, 3.05) is 36.0 Å². The van der Waals surface area contributed by atoms with E-state index in [9.17, 15) is 8.42 Å². The second kappa shape index (κ2) is 7.73. The maximum absolute atomic E-state index is 12.7. The highest BCUT2D eigenvalue weighted by atomic mass is 35.5. The molecule has 3 aromatic rings. The lowest BCUT2D eigenvalue weighted by Crippen LogP contribution is -2.47. The van der Waals surface area contributed by atoms with Gasteiger partial charge in [-0.05, 0) is 48.5 Å². The van der Waals surface area contributed by atoms with E-state index in [0.717, 1.165) is 32.0 Å². The summed E-state index contributed by atoms with van der Waals surface area (Å²) in [5.74, 6) is 1.62. The molecule has 28 heavy (non-hydrogen) atoms. The molecule has 0 saturated carbocycles. The number of anilines is 2. The van der Waals surface area contributed by atoms with Gasteiger partial charge in [0.05, 0.1) is 4.90 Å². The minimum Gasteiger partial charge on any atom is -0.353 e. The van der Waals surface area contributed by atoms with Gasteiger partial charge in [-0.3, -0.25) is 0 Å². The standard InChI is InChI=1S/C19H18ClN5O2S/c20-15-4-6-16(7-5-15)28(26,27)19-9-8-18(22-23-19)25-13-11-24(12-14-25)17-3-1-2-10-21-17/h1-10H,11-14H2. The van der Waals surface area contributed by atoms with Crippen LogP contribution < -0.4 is 9.80 Å². The lowest BCUT2D eigenvalue weighted by atomic mass is 10.3. The molecule has 0 atom stereocenters. The Morgan fingerprint density at radius 2 is 1.46 bits per heavy atom. The Morgan fingerprint density at radius 1 is 0.786 bits per heavy atom. The fourth-order valence-electron chi connectivity index (χ4n) is 3.06. The summed E-state index contributed by atoms with van der Waals surface area (Å²) in [6.07, 6.45) is 1.78. The van der Waals surface area contributed by atoms with E-state index in [1.165, 1.54) is 30.3 Å². The van der Waals surface area contributed by atoms with Gasteiger partial charge in [0.1, 0.15) is 5.82 Å². The third-order valence-corrected chi connectivity index (χ3v) is 6.52. The van der Waals surface area contributed by atoms with Gasteiger partial charge in [-0.1, -0.05) is 17.7 Å². The van der Waals surface area contributed by atoms with E-state index in [1.54, 1.807) is 12.3 Å². The van der Waals surface area contributed by atoms with E-state index >= 15 is 0 Å². The van der Waals surface area contributed by atoms with Crippen LogP contribution in [0.4, 0.5) is 11.6 Å². The third-order valence-electron chi connectivity index (χ3n) is 4.60. The Labute approximate surface area is 168 Å². The highest BCUT2D eigenvalue weighted by Gasteiger charge is 2.22. The van der Waals surface area contributed by atoms with Crippen LogP contribution in [0.3, 0.4) is 0 Å². The van der Waals surface area contributed by atoms with Gasteiger partial charge in [-0.2, -0.15) is 0 Å². The second-order valence-corrected chi connectivity index (χ2v) is 8.68. The zero-order valence-electron chi connectivity index (χ0n) is 14.9. The Balaban J connectivity index is 1.46. The molecule has 2 aromatic heterocycles. The summed E-state index contributed by atoms with van der Waals surface area (Å²) in [5, 5.41) is 8.51. The molecule has 1 saturated heterocycles. The average Bonchev–Trinajstić information content (AvgIpc) is 2.75. The number of hydrogen-bond donors (Lipinski definition) is 0. The van der Waals surface area contributed by atoms with E-state index in [0.29, 0.717) is 10.8 Å². The van der Waals surface area contributed by atoms with Crippen LogP contribution in [0.5, 0.6) is 0 Å². The van der Waals surface area contributed by atoms with Crippen molar-refractivity contribution in [3.05, 3.63) is 65.8 Å². The molecule has 0 N–H and O–H groups in total. The van der Waals surface area contributed by atoms with Crippen LogP contribution >= 0.6 is 11.6 Å². The molecule has 1 aliphatic rings. The number of pyridine rings is 1. The summed E-state index contributed by atoms with van der Waals surface area (Å²) in [4.78, 5) is 8.82. The molecule has 0 spiro atoms. The topological polar surface area (TPSA) is 79.3 Å². The molecule has 0 bridgehead atoms. The van der Waals surface area contributed by atoms with Crippen LogP contribution in [0.2, 0.25) is 5.02 Å². The van der Waals surface area contributed by atoms with Crippen molar-refractivity contribution in [1.29, 1.82) is 0 Å². The minimum absolute atomic E-state index is 0.0781. The van der Waals surface area contributed by atoms with Gasteiger partial charge in [0.2, 0.25) is 9.84 Å². The normalized spacial score (nSPS) is 14.9. The van der Waals surface area contributed by atoms with Gasteiger partial charge in [-0.15, -0.1) is 10.2 Å². The van der Waals surface area contributed by atoms with Crippen LogP contribution in [0.15, 0.2) is 70.7 Å². The minimum atomic E-state index is -3.72. The molecule has 0 amide bonds. The van der Waals surface area contributed by atoms with Gasteiger partial charge in [0.25, 0.3) is 0 Å². The van der Waals surface area contributed by atoms with Crippen molar-refractivity contribution in [3.63, 3.8) is 0 Å². The zero-order chi connectivity index (χ0) is 19.6. The van der Waals surface area contributed by atoms with Gasteiger partial charge in [0.15, 0.2) is 10.8 Å². The maximum Gasteiger partial charge on any atom is 0.225 e. The molecule has 3 heterocycles. The Morgan fingerprint density at radius 3 is 2.04 bits per heavy atom. The number of sulfone groups is 1. The fraction of sp³-hybridized carbons (Fsp3) is 0.211. The molecule has 144 valence electrons. The summed E-state index contributed by atoms with van der Waals surface area (Å²) in [7, 11) is -3.72. The highest BCUT2D eigenvalue weighted by molar-refractivity contribution is 7.91. The van der Waals surface area contributed by atoms with Crippen molar-refractivity contribution in [1.82, 2.24) is 15.2 Å². The highest BCUT2D eigenvalue weighted by Crippen LogP contribution is 2.22. The Hall–Kier alpha value is -2.71. The van der Waals surface area contributed by atoms with Crippen molar-refractivity contribution < 1.29 is 8.42 Å². The van der Waals surface area contributed by atoms with Crippen LogP contribution in [0, 0.1) is 0 Å². The smallest absolute Gasteiger partial charge is 0.225 e. The molecule has 4 rings (SSSR count). The molecule has 0 radical (unpaired) electrons. The number of aromatic nitrogens is 3. The predicted molar refractivity (Wildman–Crippen MR) is 108 cm³/mol. The number of rotatable bonds is 4. The number of nitrogens with zero attached hydrogens (tertiary/aromatic N) is 5. The maximum atomic E-state index is 12.7. The van der Waals surface area contributed by atoms with E-state index in [2.05, 4.69) is 25.0 Å². The molecular formula is C19H18ClN5O2S. The lowest BCUT2D eigenvalue weighted by Gasteiger charge is -2.35. The van der Waals surface area contributed by atoms with Gasteiger partial charge >= 0.3 is 0 Å². The molecule has 9 heteroatoms. The Kier molecular flexibility index (Phi) is 5.15. The molecule has 1 fully saturated rings. The first-order valence-corrected chi connectivity index (χ1v) is 10.7. The number of piperazine rings is 1. The first-order valence-electron chi connectivity index (χ1n) is 8.79. The summed E-state index contributed by atoms with van der Waals surface area (Å²) in [6, 6.07) is 15.1. The van der Waals surface area contributed by atoms with Gasteiger partial charge < -0.3 is 9.80 Å². The van der Waals surface area contributed by atoms with Crippen molar-refractivity contribution in [2.45, 2.75) is 9.92 Å². The number of benzene rings is 1. The number of hydrogen-bond acceptors (Lipinski definition) is 7. The van der Waals surface area contributed by atoms with Crippen LogP contribution in [-0.4, -0.2) is 49.8 Å². The average molecular weight is 416 g/mol. The zero-order valence-corrected chi connectivity index (χ0v) is 16.5. The summed E-state index contributed by atoms with van der Waals surface area (Å²) < 4.78 is 25.3. The van der Waals surface area contributed by atoms with Crippen molar-refractivity contribution >= 4 is 33.1 Å². The predicted octanol–water partition coefficient (Wildman–Crippen LogP) is 2.68. The third kappa shape index (κ3) is 3.79. The molecule has 0 aliphatic carbocycles. The van der Waals surface area contributed by atoms with E-state index < -0.39 is 9.84 Å². The monoisotopic (exact) mass is 415 g/mol. The Bertz CT molecular complexity index is 1040. The van der Waals surface area contributed by atoms with Crippen molar-refractivity contribution in [2.24, 2.45) is 0 Å². The van der Waals surface area contributed by atoms with E-state index in [1.807, 2.05) is 18.2 Å². The quantitative estimate of drug-likeness (QED) is 0.648. The summed E-state index contributed by atoms with van der Waals surface area (Å²) in [6.45, 7) is 3.14. The van der Waals surface area contributed by atoms with Crippen LogP contribution in [-0.2, 0) is 9.84 Å². The largest absolute Gasteiger partial charge is 0.353 e. The molecule has 1 aromatic carbocycles. The molecule has 1 aliphatic heterocycles. The van der Waals surface area contributed by atoms with Gasteiger partial charge in [-0.25, -0.2) is 13.4 Å². The molecular weight excluding hydrogens is 398 g/mol. The first kappa shape index (κ1) is 18.6. The van der Waals surface area contributed by atoms with E-state index in [4.69, 9.17) is 11.6 Å². The van der Waals surface area contributed by atoms with Crippen LogP contribution in [0.25, 0.3) is 0 Å². The summed E-state index contributed by atoms with van der Waals surface area (Å²) in [5.41, 5.74) is 0. The lowest BCUT2D eigenvalue weighted by molar-refractivity contribution is 0.589. The molecule has 0 unspecified atom stereocenters. The first-order chi connectivity index (χ1) is 13.5.